The van der Waals surface area contributed by atoms with E-state index < -0.39 is 0 Å². The minimum atomic E-state index is -0.0863. The number of imide groups is 1. The molecule has 5 heterocycles. The highest BCUT2D eigenvalue weighted by Gasteiger charge is 2.58. The minimum Gasteiger partial charge on any atom is -0.366 e. The molecule has 4 aliphatic rings. The first-order valence-corrected chi connectivity index (χ1v) is 14.0. The summed E-state index contributed by atoms with van der Waals surface area (Å²) < 4.78 is 1.04. The van der Waals surface area contributed by atoms with Gasteiger partial charge in [-0.25, -0.2) is 0 Å². The predicted molar refractivity (Wildman–Crippen MR) is 143 cm³/mol. The highest BCUT2D eigenvalue weighted by molar-refractivity contribution is 7.19. The molecule has 3 aliphatic heterocycles. The number of nitriles is 1. The molecule has 7 nitrogen and oxygen atoms in total. The smallest absolute Gasteiger partial charge is 0.233 e. The van der Waals surface area contributed by atoms with Gasteiger partial charge in [0.2, 0.25) is 11.8 Å². The predicted octanol–water partition coefficient (Wildman–Crippen LogP) is 4.23. The average Bonchev–Trinajstić information content (AvgIpc) is 3.37. The van der Waals surface area contributed by atoms with Crippen molar-refractivity contribution >= 4 is 39.1 Å². The van der Waals surface area contributed by atoms with Gasteiger partial charge in [-0.3, -0.25) is 19.5 Å². The van der Waals surface area contributed by atoms with E-state index in [1.54, 1.807) is 11.3 Å². The first-order chi connectivity index (χ1) is 17.8. The lowest BCUT2D eigenvalue weighted by molar-refractivity contribution is -0.141. The van der Waals surface area contributed by atoms with Crippen molar-refractivity contribution < 1.29 is 9.59 Å². The van der Waals surface area contributed by atoms with Crippen molar-refractivity contribution in [1.29, 1.82) is 5.26 Å². The summed E-state index contributed by atoms with van der Waals surface area (Å²) in [6.07, 6.45) is 5.65. The number of carbonyl (C=O) groups is 2. The molecule has 0 spiro atoms. The maximum atomic E-state index is 12.6. The Morgan fingerprint density at radius 2 is 2.00 bits per heavy atom. The molecule has 0 radical (unpaired) electrons. The summed E-state index contributed by atoms with van der Waals surface area (Å²) in [7, 11) is 0. The van der Waals surface area contributed by atoms with Crippen molar-refractivity contribution in [2.45, 2.75) is 57.7 Å². The number of nitrogens with one attached hydrogen (secondary N) is 1. The van der Waals surface area contributed by atoms with E-state index in [0.29, 0.717) is 18.2 Å². The number of amides is 2. The van der Waals surface area contributed by atoms with Gasteiger partial charge < -0.3 is 10.2 Å². The summed E-state index contributed by atoms with van der Waals surface area (Å²) in [5.74, 6) is -0.228. The summed E-state index contributed by atoms with van der Waals surface area (Å²) >= 11 is 1.60. The van der Waals surface area contributed by atoms with Crippen molar-refractivity contribution in [3.05, 3.63) is 46.5 Å². The van der Waals surface area contributed by atoms with Crippen LogP contribution in [0.25, 0.3) is 21.3 Å². The van der Waals surface area contributed by atoms with E-state index >= 15 is 0 Å². The number of aryl methyl sites for hydroxylation is 1. The Kier molecular flexibility index (Phi) is 5.01. The van der Waals surface area contributed by atoms with E-state index in [1.807, 2.05) is 24.4 Å². The van der Waals surface area contributed by atoms with Crippen LogP contribution in [0.5, 0.6) is 0 Å². The van der Waals surface area contributed by atoms with Gasteiger partial charge >= 0.3 is 0 Å². The molecule has 1 N–H and O–H groups in total. The third kappa shape index (κ3) is 3.67. The third-order valence-electron chi connectivity index (χ3n) is 8.48. The van der Waals surface area contributed by atoms with E-state index in [1.165, 1.54) is 16.2 Å². The zero-order valence-electron chi connectivity index (χ0n) is 21.1. The number of fused-ring (bicyclic) bond motifs is 3. The lowest BCUT2D eigenvalue weighted by Crippen LogP contribution is -2.40. The first kappa shape index (κ1) is 22.9. The van der Waals surface area contributed by atoms with Crippen molar-refractivity contribution in [2.24, 2.45) is 11.8 Å². The van der Waals surface area contributed by atoms with Crippen LogP contribution >= 0.6 is 11.3 Å². The molecular weight excluding hydrogens is 482 g/mol. The second kappa shape index (κ2) is 8.11. The van der Waals surface area contributed by atoms with Gasteiger partial charge in [0.05, 0.1) is 40.2 Å². The zero-order chi connectivity index (χ0) is 25.5. The van der Waals surface area contributed by atoms with Crippen LogP contribution in [0.3, 0.4) is 0 Å². The fourth-order valence-corrected chi connectivity index (χ4v) is 7.73. The Bertz CT molecular complexity index is 1500. The van der Waals surface area contributed by atoms with Gasteiger partial charge in [0.15, 0.2) is 0 Å². The molecule has 1 aliphatic carbocycles. The average molecular weight is 512 g/mol. The standard InChI is InChI=1S/C29H29N5O2S/c1-29(2)12-18(14-32-29)33-7-3-4-17-8-16(13-30)9-21(25(17)33)20-5-6-31-24-10-19(37-26(20)24)15-34-27(35)22-11-23(22)28(34)36/h5-6,8-10,18,22-23,32H,3-4,7,11-12,14-15H2,1-2H3/t18-,22?,23?/m0/s1. The number of hydrogen-bond donors (Lipinski definition) is 1. The number of anilines is 1. The molecule has 2 saturated heterocycles. The monoisotopic (exact) mass is 511 g/mol. The van der Waals surface area contributed by atoms with E-state index in [4.69, 9.17) is 0 Å². The number of nitrogens with zero attached hydrogens (tertiary/aromatic N) is 4. The molecule has 1 saturated carbocycles. The summed E-state index contributed by atoms with van der Waals surface area (Å²) in [5, 5.41) is 13.5. The van der Waals surface area contributed by atoms with Crippen LogP contribution in [0, 0.1) is 23.2 Å². The highest BCUT2D eigenvalue weighted by atomic mass is 32.1. The molecule has 188 valence electrons. The topological polar surface area (TPSA) is 89.3 Å². The number of thiophene rings is 1. The Balaban J connectivity index is 1.32. The molecular formula is C29H29N5O2S. The van der Waals surface area contributed by atoms with Gasteiger partial charge in [-0.05, 0) is 69.4 Å². The maximum Gasteiger partial charge on any atom is 0.233 e. The molecule has 7 rings (SSSR count). The SMILES string of the molecule is CC1(C)C[C@H](N2CCCc3cc(C#N)cc(-c4ccnc5cc(CN6C(=O)C7CC7C6=O)sc45)c32)CN1. The Morgan fingerprint density at radius 3 is 2.73 bits per heavy atom. The summed E-state index contributed by atoms with van der Waals surface area (Å²) in [4.78, 5) is 34.7. The number of likely N-dealkylation sites (tertiary alicyclic amines) is 1. The quantitative estimate of drug-likeness (QED) is 0.528. The van der Waals surface area contributed by atoms with Crippen LogP contribution in [0.1, 0.15) is 49.1 Å². The second-order valence-electron chi connectivity index (χ2n) is 11.6. The van der Waals surface area contributed by atoms with E-state index in [2.05, 4.69) is 41.2 Å². The van der Waals surface area contributed by atoms with Gasteiger partial charge in [-0.2, -0.15) is 5.26 Å². The number of piperidine rings is 1. The number of carbonyl (C=O) groups excluding carboxylic acids is 2. The van der Waals surface area contributed by atoms with Gasteiger partial charge in [-0.15, -0.1) is 11.3 Å². The van der Waals surface area contributed by atoms with Crippen LogP contribution in [0.4, 0.5) is 5.69 Å². The maximum absolute atomic E-state index is 12.6. The second-order valence-corrected chi connectivity index (χ2v) is 12.7. The third-order valence-corrected chi connectivity index (χ3v) is 9.62. The van der Waals surface area contributed by atoms with E-state index in [9.17, 15) is 14.9 Å². The molecule has 8 heteroatoms. The molecule has 2 unspecified atom stereocenters. The molecule has 0 bridgehead atoms. The van der Waals surface area contributed by atoms with Crippen molar-refractivity contribution in [3.8, 4) is 17.2 Å². The molecule has 37 heavy (non-hydrogen) atoms. The van der Waals surface area contributed by atoms with Crippen molar-refractivity contribution in [3.63, 3.8) is 0 Å². The Morgan fingerprint density at radius 1 is 1.19 bits per heavy atom. The largest absolute Gasteiger partial charge is 0.366 e. The summed E-state index contributed by atoms with van der Waals surface area (Å²) in [5.41, 5.74) is 6.26. The molecule has 3 atom stereocenters. The van der Waals surface area contributed by atoms with Crippen LogP contribution in [0.15, 0.2) is 30.5 Å². The van der Waals surface area contributed by atoms with Gasteiger partial charge in [0, 0.05) is 52.6 Å². The van der Waals surface area contributed by atoms with E-state index in [0.717, 1.165) is 65.0 Å². The zero-order valence-corrected chi connectivity index (χ0v) is 21.9. The normalized spacial score (nSPS) is 25.9. The van der Waals surface area contributed by atoms with Crippen molar-refractivity contribution in [1.82, 2.24) is 15.2 Å². The van der Waals surface area contributed by atoms with Crippen molar-refractivity contribution in [2.75, 3.05) is 18.0 Å². The molecule has 3 fully saturated rings. The first-order valence-electron chi connectivity index (χ1n) is 13.1. The van der Waals surface area contributed by atoms with Crippen LogP contribution < -0.4 is 10.2 Å². The van der Waals surface area contributed by atoms with Crippen LogP contribution in [-0.2, 0) is 22.6 Å². The van der Waals surface area contributed by atoms with E-state index in [-0.39, 0.29) is 29.2 Å². The molecule has 1 aromatic carbocycles. The fraction of sp³-hybridized carbons (Fsp3) is 0.448. The van der Waals surface area contributed by atoms with Crippen LogP contribution in [0.2, 0.25) is 0 Å². The lowest BCUT2D eigenvalue weighted by Gasteiger charge is -2.38. The number of hydrogen-bond acceptors (Lipinski definition) is 7. The van der Waals surface area contributed by atoms with Crippen LogP contribution in [-0.4, -0.2) is 46.4 Å². The molecule has 2 amide bonds. The number of rotatable bonds is 4. The summed E-state index contributed by atoms with van der Waals surface area (Å²) in [6, 6.07) is 10.9. The van der Waals surface area contributed by atoms with Gasteiger partial charge in [0.1, 0.15) is 0 Å². The lowest BCUT2D eigenvalue weighted by atomic mass is 9.90. The minimum absolute atomic E-state index is 0.0276. The Hall–Kier alpha value is -3.28. The number of benzene rings is 1. The fourth-order valence-electron chi connectivity index (χ4n) is 6.60. The summed E-state index contributed by atoms with van der Waals surface area (Å²) in [6.45, 7) is 6.78. The highest BCUT2D eigenvalue weighted by Crippen LogP contribution is 2.48. The number of aromatic nitrogens is 1. The van der Waals surface area contributed by atoms with Gasteiger partial charge in [0.25, 0.3) is 0 Å². The number of pyridine rings is 1. The Labute approximate surface area is 220 Å². The molecule has 2 aromatic heterocycles. The molecule has 3 aromatic rings. The van der Waals surface area contributed by atoms with Gasteiger partial charge in [-0.1, -0.05) is 0 Å².